The average molecular weight is 416 g/mol. The van der Waals surface area contributed by atoms with Gasteiger partial charge < -0.3 is 26.6 Å². The Balaban J connectivity index is 1.91. The summed E-state index contributed by atoms with van der Waals surface area (Å²) in [6.45, 7) is 4.79. The second-order valence-electron chi connectivity index (χ2n) is 7.59. The van der Waals surface area contributed by atoms with Gasteiger partial charge >= 0.3 is 0 Å². The number of nitrogen functional groups attached to an aromatic ring is 1. The van der Waals surface area contributed by atoms with Gasteiger partial charge in [0.2, 0.25) is 5.88 Å². The quantitative estimate of drug-likeness (QED) is 0.267. The van der Waals surface area contributed by atoms with Crippen LogP contribution in [0.3, 0.4) is 0 Å². The number of carbonyl (C=O) groups is 1. The van der Waals surface area contributed by atoms with Gasteiger partial charge in [-0.25, -0.2) is 9.97 Å². The Labute approximate surface area is 179 Å². The van der Waals surface area contributed by atoms with Crippen LogP contribution in [0.15, 0.2) is 36.4 Å². The van der Waals surface area contributed by atoms with Gasteiger partial charge in [0.15, 0.2) is 5.69 Å². The number of nitrogens with two attached hydrogens (primary N) is 2. The van der Waals surface area contributed by atoms with Gasteiger partial charge in [-0.2, -0.15) is 0 Å². The predicted octanol–water partition coefficient (Wildman–Crippen LogP) is 3.88. The van der Waals surface area contributed by atoms with Gasteiger partial charge in [0, 0.05) is 39.8 Å². The molecule has 1 atom stereocenters. The summed E-state index contributed by atoms with van der Waals surface area (Å²) in [4.78, 5) is 24.4. The van der Waals surface area contributed by atoms with E-state index in [1.807, 2.05) is 18.2 Å². The first-order chi connectivity index (χ1) is 14.9. The second-order valence-corrected chi connectivity index (χ2v) is 7.59. The van der Waals surface area contributed by atoms with Gasteiger partial charge in [0.1, 0.15) is 0 Å². The zero-order valence-corrected chi connectivity index (χ0v) is 17.4. The summed E-state index contributed by atoms with van der Waals surface area (Å²) < 4.78 is 5.81. The molecule has 0 bridgehead atoms. The fraction of sp³-hybridized carbons (Fsp3) is 0.217. The number of hydrogen-bond donors (Lipinski definition) is 4. The molecule has 1 amide bonds. The number of nitrogens with zero attached hydrogens (tertiary/aromatic N) is 2. The molecule has 0 aliphatic carbocycles. The van der Waals surface area contributed by atoms with Gasteiger partial charge in [-0.05, 0) is 30.2 Å². The van der Waals surface area contributed by atoms with E-state index in [0.717, 1.165) is 17.3 Å². The van der Waals surface area contributed by atoms with Crippen LogP contribution >= 0.6 is 0 Å². The van der Waals surface area contributed by atoms with Crippen LogP contribution in [0.5, 0.6) is 5.88 Å². The number of benzene rings is 1. The van der Waals surface area contributed by atoms with Crippen LogP contribution in [0.4, 0.5) is 5.69 Å². The second kappa shape index (κ2) is 8.06. The van der Waals surface area contributed by atoms with Crippen LogP contribution in [0, 0.1) is 11.3 Å². The third kappa shape index (κ3) is 3.68. The number of aromatic amines is 1. The van der Waals surface area contributed by atoms with E-state index in [-0.39, 0.29) is 5.69 Å². The summed E-state index contributed by atoms with van der Waals surface area (Å²) >= 11 is 0. The van der Waals surface area contributed by atoms with Crippen LogP contribution in [-0.2, 0) is 0 Å². The van der Waals surface area contributed by atoms with E-state index in [1.165, 1.54) is 6.21 Å². The minimum atomic E-state index is -0.660. The average Bonchev–Trinajstić information content (AvgIpc) is 3.15. The van der Waals surface area contributed by atoms with Crippen molar-refractivity contribution in [3.63, 3.8) is 0 Å². The van der Waals surface area contributed by atoms with E-state index in [9.17, 15) is 4.79 Å². The Bertz CT molecular complexity index is 1310. The monoisotopic (exact) mass is 416 g/mol. The van der Waals surface area contributed by atoms with Crippen LogP contribution in [0.1, 0.15) is 36.3 Å². The molecule has 31 heavy (non-hydrogen) atoms. The number of rotatable bonds is 7. The molecule has 0 radical (unpaired) electrons. The van der Waals surface area contributed by atoms with Gasteiger partial charge in [0.05, 0.1) is 23.5 Å². The van der Waals surface area contributed by atoms with Crippen molar-refractivity contribution in [3.8, 4) is 17.3 Å². The fourth-order valence-electron chi connectivity index (χ4n) is 3.48. The Kier molecular flexibility index (Phi) is 5.29. The molecule has 8 nitrogen and oxygen atoms in total. The van der Waals surface area contributed by atoms with Crippen molar-refractivity contribution in [2.45, 2.75) is 20.3 Å². The zero-order chi connectivity index (χ0) is 22.1. The smallest absolute Gasteiger partial charge is 0.269 e. The van der Waals surface area contributed by atoms with Crippen molar-refractivity contribution in [3.05, 3.63) is 47.7 Å². The summed E-state index contributed by atoms with van der Waals surface area (Å²) in [5.41, 5.74) is 15.1. The molecular weight excluding hydrogens is 392 g/mol. The molecule has 3 aromatic heterocycles. The number of primary amides is 1. The summed E-state index contributed by atoms with van der Waals surface area (Å²) in [6.07, 6.45) is 2.22. The predicted molar refractivity (Wildman–Crippen MR) is 123 cm³/mol. The van der Waals surface area contributed by atoms with Crippen LogP contribution in [0.25, 0.3) is 33.2 Å². The number of ether oxygens (including phenoxy) is 1. The molecule has 158 valence electrons. The SMILES string of the molecule is CCC(C)COc1cccc(-c2cc3c([nH]c4ccc(N)c(C=N)c43)c(C(N)=O)n2)n1. The van der Waals surface area contributed by atoms with Gasteiger partial charge in [-0.15, -0.1) is 0 Å². The van der Waals surface area contributed by atoms with Crippen LogP contribution in [0.2, 0.25) is 0 Å². The molecule has 0 saturated heterocycles. The summed E-state index contributed by atoms with van der Waals surface area (Å²) in [5.74, 6) is 0.244. The lowest BCUT2D eigenvalue weighted by Crippen LogP contribution is -2.14. The van der Waals surface area contributed by atoms with Crippen LogP contribution < -0.4 is 16.2 Å². The molecule has 0 aliphatic rings. The maximum atomic E-state index is 12.2. The highest BCUT2D eigenvalue weighted by Crippen LogP contribution is 2.34. The van der Waals surface area contributed by atoms with Gasteiger partial charge in [0.25, 0.3) is 5.91 Å². The maximum Gasteiger partial charge on any atom is 0.269 e. The molecule has 8 heteroatoms. The number of pyridine rings is 2. The molecule has 6 N–H and O–H groups in total. The number of fused-ring (bicyclic) bond motifs is 3. The summed E-state index contributed by atoms with van der Waals surface area (Å²) in [6, 6.07) is 10.8. The molecular formula is C23H24N6O2. The Hall–Kier alpha value is -3.94. The molecule has 0 fully saturated rings. The molecule has 0 saturated carbocycles. The Morgan fingerprint density at radius 2 is 2.06 bits per heavy atom. The van der Waals surface area contributed by atoms with E-state index in [4.69, 9.17) is 21.6 Å². The lowest BCUT2D eigenvalue weighted by molar-refractivity contribution is 0.0997. The van der Waals surface area contributed by atoms with Crippen LogP contribution in [-0.4, -0.2) is 33.7 Å². The number of carbonyl (C=O) groups excluding carboxylic acids is 1. The van der Waals surface area contributed by atoms with E-state index in [0.29, 0.717) is 51.9 Å². The standard InChI is InChI=1S/C23H24N6O2/c1-3-12(2)11-31-19-6-4-5-16(27-19)18-9-13-20-14(10-24)15(25)7-8-17(20)28-21(13)22(29-18)23(26)30/h4-10,12,24,28H,3,11,25H2,1-2H3,(H2,26,30). The lowest BCUT2D eigenvalue weighted by atomic mass is 10.0. The van der Waals surface area contributed by atoms with E-state index in [2.05, 4.69) is 28.8 Å². The van der Waals surface area contributed by atoms with E-state index in [1.54, 1.807) is 18.2 Å². The number of aromatic nitrogens is 3. The van der Waals surface area contributed by atoms with Crippen molar-refractivity contribution < 1.29 is 9.53 Å². The van der Waals surface area contributed by atoms with E-state index >= 15 is 0 Å². The topological polar surface area (TPSA) is 144 Å². The normalized spacial score (nSPS) is 12.2. The minimum absolute atomic E-state index is 0.103. The van der Waals surface area contributed by atoms with E-state index < -0.39 is 5.91 Å². The third-order valence-corrected chi connectivity index (χ3v) is 5.40. The minimum Gasteiger partial charge on any atom is -0.477 e. The van der Waals surface area contributed by atoms with Crippen molar-refractivity contribution >= 4 is 39.6 Å². The van der Waals surface area contributed by atoms with Crippen molar-refractivity contribution in [2.24, 2.45) is 11.7 Å². The molecule has 0 aliphatic heterocycles. The number of H-pyrrole nitrogens is 1. The third-order valence-electron chi connectivity index (χ3n) is 5.40. The molecule has 4 aromatic rings. The molecule has 4 rings (SSSR count). The van der Waals surface area contributed by atoms with Crippen molar-refractivity contribution in [2.75, 3.05) is 12.3 Å². The molecule has 3 heterocycles. The highest BCUT2D eigenvalue weighted by Gasteiger charge is 2.19. The maximum absolute atomic E-state index is 12.2. The Morgan fingerprint density at radius 1 is 1.26 bits per heavy atom. The number of nitrogens with one attached hydrogen (secondary N) is 2. The van der Waals surface area contributed by atoms with Gasteiger partial charge in [-0.3, -0.25) is 4.79 Å². The Morgan fingerprint density at radius 3 is 2.77 bits per heavy atom. The first-order valence-electron chi connectivity index (χ1n) is 10.1. The summed E-state index contributed by atoms with van der Waals surface area (Å²) in [5, 5.41) is 9.24. The lowest BCUT2D eigenvalue weighted by Gasteiger charge is -2.11. The molecule has 0 spiro atoms. The largest absolute Gasteiger partial charge is 0.477 e. The number of hydrogen-bond acceptors (Lipinski definition) is 6. The first-order valence-corrected chi connectivity index (χ1v) is 10.1. The molecule has 1 unspecified atom stereocenters. The fourth-order valence-corrected chi connectivity index (χ4v) is 3.48. The first kappa shape index (κ1) is 20.3. The van der Waals surface area contributed by atoms with Crippen molar-refractivity contribution in [1.82, 2.24) is 15.0 Å². The van der Waals surface area contributed by atoms with Gasteiger partial charge in [-0.1, -0.05) is 26.3 Å². The number of amides is 1. The van der Waals surface area contributed by atoms with Crippen molar-refractivity contribution in [1.29, 1.82) is 5.41 Å². The highest BCUT2D eigenvalue weighted by atomic mass is 16.5. The zero-order valence-electron chi connectivity index (χ0n) is 17.4. The molecule has 1 aromatic carbocycles. The highest BCUT2D eigenvalue weighted by molar-refractivity contribution is 6.20. The summed E-state index contributed by atoms with van der Waals surface area (Å²) in [7, 11) is 0. The number of anilines is 1.